The van der Waals surface area contributed by atoms with Crippen LogP contribution in [0.4, 0.5) is 15.8 Å². The number of halogens is 1. The molecule has 0 amide bonds. The fraction of sp³-hybridized carbons (Fsp3) is 0.154. The van der Waals surface area contributed by atoms with Crippen LogP contribution in [0.15, 0.2) is 34.7 Å². The first-order valence-electron chi connectivity index (χ1n) is 5.86. The van der Waals surface area contributed by atoms with Crippen LogP contribution in [0.25, 0.3) is 0 Å². The van der Waals surface area contributed by atoms with E-state index in [4.69, 9.17) is 4.42 Å². The van der Waals surface area contributed by atoms with Gasteiger partial charge in [-0.3, -0.25) is 10.1 Å². The number of nitro benzene ring substituents is 1. The fourth-order valence-electron chi connectivity index (χ4n) is 1.67. The van der Waals surface area contributed by atoms with Crippen molar-refractivity contribution in [2.45, 2.75) is 6.54 Å². The number of hydrogen-bond acceptors (Lipinski definition) is 6. The third kappa shape index (κ3) is 3.35. The SMILES string of the molecule is COC(=O)c1ccc(CNc2cc(F)ccc2[N+](=O)[O-])o1. The maximum absolute atomic E-state index is 13.1. The van der Waals surface area contributed by atoms with Gasteiger partial charge in [0, 0.05) is 12.1 Å². The minimum Gasteiger partial charge on any atom is -0.463 e. The molecule has 0 bridgehead atoms. The summed E-state index contributed by atoms with van der Waals surface area (Å²) in [6, 6.07) is 6.03. The van der Waals surface area contributed by atoms with E-state index in [0.29, 0.717) is 5.76 Å². The number of nitrogens with zero attached hydrogens (tertiary/aromatic N) is 1. The number of ether oxygens (including phenoxy) is 1. The van der Waals surface area contributed by atoms with E-state index in [9.17, 15) is 19.3 Å². The molecule has 0 atom stereocenters. The Kier molecular flexibility index (Phi) is 4.17. The summed E-state index contributed by atoms with van der Waals surface area (Å²) in [5.41, 5.74) is -0.229. The molecule has 0 fully saturated rings. The van der Waals surface area contributed by atoms with Crippen molar-refractivity contribution >= 4 is 17.3 Å². The van der Waals surface area contributed by atoms with Crippen molar-refractivity contribution in [3.63, 3.8) is 0 Å². The van der Waals surface area contributed by atoms with Gasteiger partial charge >= 0.3 is 5.97 Å². The number of hydrogen-bond donors (Lipinski definition) is 1. The molecule has 0 saturated heterocycles. The van der Waals surface area contributed by atoms with Crippen LogP contribution in [-0.2, 0) is 11.3 Å². The molecule has 1 aromatic carbocycles. The topological polar surface area (TPSA) is 94.6 Å². The number of esters is 1. The van der Waals surface area contributed by atoms with Gasteiger partial charge in [0.1, 0.15) is 17.3 Å². The van der Waals surface area contributed by atoms with Crippen molar-refractivity contribution < 1.29 is 23.3 Å². The summed E-state index contributed by atoms with van der Waals surface area (Å²) in [4.78, 5) is 21.4. The van der Waals surface area contributed by atoms with Crippen LogP contribution >= 0.6 is 0 Å². The number of furan rings is 1. The second-order valence-corrected chi connectivity index (χ2v) is 4.03. The van der Waals surface area contributed by atoms with E-state index in [0.717, 1.165) is 18.2 Å². The zero-order valence-corrected chi connectivity index (χ0v) is 11.0. The molecule has 21 heavy (non-hydrogen) atoms. The van der Waals surface area contributed by atoms with E-state index in [1.54, 1.807) is 0 Å². The van der Waals surface area contributed by atoms with Crippen LogP contribution in [-0.4, -0.2) is 18.0 Å². The minimum absolute atomic E-state index is 0.0167. The highest BCUT2D eigenvalue weighted by Gasteiger charge is 2.15. The number of nitrogens with one attached hydrogen (secondary N) is 1. The molecular weight excluding hydrogens is 283 g/mol. The summed E-state index contributed by atoms with van der Waals surface area (Å²) in [6.07, 6.45) is 0. The zero-order chi connectivity index (χ0) is 15.4. The van der Waals surface area contributed by atoms with Crippen LogP contribution in [0.3, 0.4) is 0 Å². The first kappa shape index (κ1) is 14.5. The molecule has 110 valence electrons. The largest absolute Gasteiger partial charge is 0.463 e. The van der Waals surface area contributed by atoms with Crippen LogP contribution < -0.4 is 5.32 Å². The summed E-state index contributed by atoms with van der Waals surface area (Å²) < 4.78 is 22.8. The lowest BCUT2D eigenvalue weighted by molar-refractivity contribution is -0.384. The highest BCUT2D eigenvalue weighted by Crippen LogP contribution is 2.25. The number of carbonyl (C=O) groups excluding carboxylic acids is 1. The molecule has 0 aliphatic heterocycles. The average Bonchev–Trinajstić information content (AvgIpc) is 2.93. The Morgan fingerprint density at radius 3 is 2.86 bits per heavy atom. The van der Waals surface area contributed by atoms with Crippen molar-refractivity contribution in [1.29, 1.82) is 0 Å². The van der Waals surface area contributed by atoms with Gasteiger partial charge in [0.15, 0.2) is 0 Å². The molecule has 1 aromatic heterocycles. The lowest BCUT2D eigenvalue weighted by atomic mass is 10.2. The van der Waals surface area contributed by atoms with Gasteiger partial charge in [-0.15, -0.1) is 0 Å². The van der Waals surface area contributed by atoms with Gasteiger partial charge in [-0.2, -0.15) is 0 Å². The molecule has 0 saturated carbocycles. The van der Waals surface area contributed by atoms with Gasteiger partial charge in [-0.1, -0.05) is 0 Å². The van der Waals surface area contributed by atoms with Gasteiger partial charge in [0.05, 0.1) is 18.6 Å². The summed E-state index contributed by atoms with van der Waals surface area (Å²) >= 11 is 0. The summed E-state index contributed by atoms with van der Waals surface area (Å²) in [6.45, 7) is 0.0568. The highest BCUT2D eigenvalue weighted by atomic mass is 19.1. The quantitative estimate of drug-likeness (QED) is 0.517. The number of methoxy groups -OCH3 is 1. The van der Waals surface area contributed by atoms with Crippen LogP contribution in [0.5, 0.6) is 0 Å². The van der Waals surface area contributed by atoms with Crippen LogP contribution in [0.1, 0.15) is 16.3 Å². The van der Waals surface area contributed by atoms with E-state index in [1.165, 1.54) is 19.2 Å². The number of carbonyl (C=O) groups is 1. The van der Waals surface area contributed by atoms with Gasteiger partial charge in [-0.25, -0.2) is 9.18 Å². The maximum Gasteiger partial charge on any atom is 0.373 e. The van der Waals surface area contributed by atoms with Gasteiger partial charge < -0.3 is 14.5 Å². The predicted octanol–water partition coefficient (Wildman–Crippen LogP) is 2.73. The fourth-order valence-corrected chi connectivity index (χ4v) is 1.67. The lowest BCUT2D eigenvalue weighted by Gasteiger charge is -2.05. The second kappa shape index (κ2) is 6.04. The molecule has 1 N–H and O–H groups in total. The smallest absolute Gasteiger partial charge is 0.373 e. The maximum atomic E-state index is 13.1. The summed E-state index contributed by atoms with van der Waals surface area (Å²) in [7, 11) is 1.22. The van der Waals surface area contributed by atoms with Crippen molar-refractivity contribution in [3.05, 3.63) is 57.8 Å². The van der Waals surface area contributed by atoms with Gasteiger partial charge in [0.2, 0.25) is 5.76 Å². The van der Waals surface area contributed by atoms with Crippen molar-refractivity contribution in [2.75, 3.05) is 12.4 Å². The van der Waals surface area contributed by atoms with Crippen molar-refractivity contribution in [1.82, 2.24) is 0 Å². The predicted molar refractivity (Wildman–Crippen MR) is 70.4 cm³/mol. The minimum atomic E-state index is -0.627. The molecule has 2 rings (SSSR count). The second-order valence-electron chi connectivity index (χ2n) is 4.03. The van der Waals surface area contributed by atoms with E-state index in [2.05, 4.69) is 10.1 Å². The van der Waals surface area contributed by atoms with E-state index in [-0.39, 0.29) is 23.7 Å². The lowest BCUT2D eigenvalue weighted by Crippen LogP contribution is -2.03. The number of nitro groups is 1. The Labute approximate surface area is 118 Å². The van der Waals surface area contributed by atoms with Crippen LogP contribution in [0, 0.1) is 15.9 Å². The molecule has 1 heterocycles. The molecule has 2 aromatic rings. The van der Waals surface area contributed by atoms with Crippen LogP contribution in [0.2, 0.25) is 0 Å². The number of anilines is 1. The van der Waals surface area contributed by atoms with Crippen molar-refractivity contribution in [2.24, 2.45) is 0 Å². The molecule has 0 radical (unpaired) electrons. The number of rotatable bonds is 5. The molecular formula is C13H11FN2O5. The third-order valence-electron chi connectivity index (χ3n) is 2.66. The standard InChI is InChI=1S/C13H11FN2O5/c1-20-13(17)12-5-3-9(21-12)7-15-10-6-8(14)2-4-11(10)16(18)19/h2-6,15H,7H2,1H3. The van der Waals surface area contributed by atoms with Gasteiger partial charge in [-0.05, 0) is 18.2 Å². The Balaban J connectivity index is 2.13. The first-order valence-corrected chi connectivity index (χ1v) is 5.86. The molecule has 0 aliphatic carbocycles. The molecule has 8 heteroatoms. The summed E-state index contributed by atoms with van der Waals surface area (Å²) in [5.74, 6) is -0.854. The molecule has 0 spiro atoms. The van der Waals surface area contributed by atoms with E-state index in [1.807, 2.05) is 0 Å². The molecule has 0 unspecified atom stereocenters. The van der Waals surface area contributed by atoms with E-state index >= 15 is 0 Å². The molecule has 0 aliphatic rings. The first-order chi connectivity index (χ1) is 10.0. The molecule has 7 nitrogen and oxygen atoms in total. The Hall–Kier alpha value is -2.90. The third-order valence-corrected chi connectivity index (χ3v) is 2.66. The zero-order valence-electron chi connectivity index (χ0n) is 11.0. The monoisotopic (exact) mass is 294 g/mol. The Morgan fingerprint density at radius 1 is 1.43 bits per heavy atom. The van der Waals surface area contributed by atoms with E-state index < -0.39 is 16.7 Å². The van der Waals surface area contributed by atoms with Gasteiger partial charge in [0.25, 0.3) is 5.69 Å². The van der Waals surface area contributed by atoms with Crippen molar-refractivity contribution in [3.8, 4) is 0 Å². The Bertz CT molecular complexity index is 683. The Morgan fingerprint density at radius 2 is 2.19 bits per heavy atom. The average molecular weight is 294 g/mol. The highest BCUT2D eigenvalue weighted by molar-refractivity contribution is 5.86. The number of benzene rings is 1. The normalized spacial score (nSPS) is 10.2. The summed E-state index contributed by atoms with van der Waals surface area (Å²) in [5, 5.41) is 13.5.